The molecule has 1 heterocycles. The van der Waals surface area contributed by atoms with Crippen molar-refractivity contribution in [3.05, 3.63) is 69.3 Å². The van der Waals surface area contributed by atoms with Crippen molar-refractivity contribution in [1.82, 2.24) is 9.97 Å². The minimum absolute atomic E-state index is 0.135. The number of carboxylic acid groups (broad SMARTS) is 1. The fourth-order valence-corrected chi connectivity index (χ4v) is 2.58. The number of carboxylic acids is 1. The average molecular weight is 396 g/mol. The largest absolute Gasteiger partial charge is 0.477 e. The van der Waals surface area contributed by atoms with Crippen molar-refractivity contribution < 1.29 is 14.6 Å². The molecule has 0 saturated heterocycles. The topological polar surface area (TPSA) is 72.3 Å². The predicted octanol–water partition coefficient (Wildman–Crippen LogP) is 5.59. The van der Waals surface area contributed by atoms with Crippen LogP contribution in [0.4, 0.5) is 0 Å². The molecule has 0 aliphatic heterocycles. The van der Waals surface area contributed by atoms with Crippen LogP contribution in [0, 0.1) is 0 Å². The lowest BCUT2D eigenvalue weighted by Crippen LogP contribution is -2.05. The van der Waals surface area contributed by atoms with Gasteiger partial charge in [0.05, 0.1) is 15.1 Å². The van der Waals surface area contributed by atoms with Crippen LogP contribution in [0.2, 0.25) is 15.1 Å². The highest BCUT2D eigenvalue weighted by atomic mass is 35.5. The molecular formula is C17H9Cl3N2O3. The molecule has 0 unspecified atom stereocenters. The Morgan fingerprint density at radius 1 is 1.00 bits per heavy atom. The normalized spacial score (nSPS) is 10.5. The average Bonchev–Trinajstić information content (AvgIpc) is 2.60. The molecular weight excluding hydrogens is 387 g/mol. The molecule has 0 atom stereocenters. The Bertz CT molecular complexity index is 949. The van der Waals surface area contributed by atoms with Crippen molar-refractivity contribution in [2.24, 2.45) is 0 Å². The number of nitrogens with zero attached hydrogens (tertiary/aromatic N) is 2. The Hall–Kier alpha value is -2.34. The number of ether oxygens (including phenoxy) is 1. The second-order valence-electron chi connectivity index (χ2n) is 4.88. The van der Waals surface area contributed by atoms with E-state index in [2.05, 4.69) is 9.97 Å². The number of hydrogen-bond donors (Lipinski definition) is 1. The summed E-state index contributed by atoms with van der Waals surface area (Å²) in [5, 5.41) is 9.98. The van der Waals surface area contributed by atoms with Crippen molar-refractivity contribution in [1.29, 1.82) is 0 Å². The summed E-state index contributed by atoms with van der Waals surface area (Å²) in [5.41, 5.74) is 0.506. The first kappa shape index (κ1) is 17.5. The van der Waals surface area contributed by atoms with Gasteiger partial charge < -0.3 is 9.84 Å². The summed E-state index contributed by atoms with van der Waals surface area (Å²) in [6.45, 7) is 0. The number of halogens is 3. The van der Waals surface area contributed by atoms with Gasteiger partial charge >= 0.3 is 5.97 Å². The van der Waals surface area contributed by atoms with Crippen LogP contribution in [0.15, 0.2) is 48.7 Å². The second-order valence-corrected chi connectivity index (χ2v) is 6.10. The Balaban J connectivity index is 2.07. The fourth-order valence-electron chi connectivity index (χ4n) is 2.00. The maximum Gasteiger partial charge on any atom is 0.342 e. The standard InChI is InChI=1S/C17H9Cl3N2O3/c18-11-6-13(20)14(7-12(11)19)25-16-10(17(23)24)8-21-15(22-16)9-4-2-1-3-5-9/h1-8H,(H,23,24). The van der Waals surface area contributed by atoms with Gasteiger partial charge in [0.25, 0.3) is 0 Å². The first-order valence-corrected chi connectivity index (χ1v) is 8.07. The zero-order valence-electron chi connectivity index (χ0n) is 12.4. The van der Waals surface area contributed by atoms with Crippen LogP contribution >= 0.6 is 34.8 Å². The van der Waals surface area contributed by atoms with E-state index in [-0.39, 0.29) is 32.3 Å². The maximum absolute atomic E-state index is 11.4. The molecule has 126 valence electrons. The molecule has 0 saturated carbocycles. The number of carbonyl (C=O) groups is 1. The Morgan fingerprint density at radius 3 is 2.36 bits per heavy atom. The predicted molar refractivity (Wildman–Crippen MR) is 96.0 cm³/mol. The molecule has 2 aromatic carbocycles. The number of rotatable bonds is 4. The van der Waals surface area contributed by atoms with Crippen LogP contribution in [0.25, 0.3) is 11.4 Å². The summed E-state index contributed by atoms with van der Waals surface area (Å²) >= 11 is 17.9. The summed E-state index contributed by atoms with van der Waals surface area (Å²) in [6, 6.07) is 11.9. The monoisotopic (exact) mass is 394 g/mol. The number of benzene rings is 2. The molecule has 3 aromatic rings. The first-order chi connectivity index (χ1) is 12.0. The van der Waals surface area contributed by atoms with E-state index in [1.165, 1.54) is 18.3 Å². The van der Waals surface area contributed by atoms with Gasteiger partial charge in [-0.25, -0.2) is 9.78 Å². The molecule has 25 heavy (non-hydrogen) atoms. The molecule has 1 aromatic heterocycles. The number of aromatic nitrogens is 2. The smallest absolute Gasteiger partial charge is 0.342 e. The van der Waals surface area contributed by atoms with E-state index in [1.54, 1.807) is 12.1 Å². The first-order valence-electron chi connectivity index (χ1n) is 6.94. The van der Waals surface area contributed by atoms with Crippen LogP contribution in [-0.2, 0) is 0 Å². The fraction of sp³-hybridized carbons (Fsp3) is 0. The molecule has 0 bridgehead atoms. The minimum Gasteiger partial charge on any atom is -0.477 e. The van der Waals surface area contributed by atoms with Crippen LogP contribution < -0.4 is 4.74 Å². The summed E-state index contributed by atoms with van der Waals surface area (Å²) in [7, 11) is 0. The highest BCUT2D eigenvalue weighted by Gasteiger charge is 2.18. The molecule has 3 rings (SSSR count). The van der Waals surface area contributed by atoms with Crippen LogP contribution in [0.3, 0.4) is 0 Å². The highest BCUT2D eigenvalue weighted by molar-refractivity contribution is 6.43. The zero-order chi connectivity index (χ0) is 18.0. The van der Waals surface area contributed by atoms with Gasteiger partial charge in [0.1, 0.15) is 11.3 Å². The molecule has 0 spiro atoms. The molecule has 0 aliphatic carbocycles. The minimum atomic E-state index is -1.23. The van der Waals surface area contributed by atoms with Gasteiger partial charge in [-0.05, 0) is 6.07 Å². The molecule has 5 nitrogen and oxygen atoms in total. The SMILES string of the molecule is O=C(O)c1cnc(-c2ccccc2)nc1Oc1cc(Cl)c(Cl)cc1Cl. The third-order valence-corrected chi connectivity index (χ3v) is 4.22. The maximum atomic E-state index is 11.4. The third-order valence-electron chi connectivity index (χ3n) is 3.20. The van der Waals surface area contributed by atoms with Crippen molar-refractivity contribution in [2.75, 3.05) is 0 Å². The summed E-state index contributed by atoms with van der Waals surface area (Å²) in [6.07, 6.45) is 1.18. The lowest BCUT2D eigenvalue weighted by atomic mass is 10.2. The molecule has 0 fully saturated rings. The van der Waals surface area contributed by atoms with Gasteiger partial charge in [-0.1, -0.05) is 65.1 Å². The number of hydrogen-bond acceptors (Lipinski definition) is 4. The molecule has 1 N–H and O–H groups in total. The van der Waals surface area contributed by atoms with Crippen LogP contribution in [0.1, 0.15) is 10.4 Å². The zero-order valence-corrected chi connectivity index (χ0v) is 14.7. The van der Waals surface area contributed by atoms with E-state index in [0.29, 0.717) is 11.4 Å². The molecule has 0 radical (unpaired) electrons. The summed E-state index contributed by atoms with van der Waals surface area (Å²) in [5.74, 6) is -0.930. The quantitative estimate of drug-likeness (QED) is 0.583. The van der Waals surface area contributed by atoms with Gasteiger partial charge in [-0.3, -0.25) is 0 Å². The van der Waals surface area contributed by atoms with Gasteiger partial charge in [-0.2, -0.15) is 4.98 Å². The van der Waals surface area contributed by atoms with Crippen LogP contribution in [-0.4, -0.2) is 21.0 Å². The molecule has 0 aliphatic rings. The van der Waals surface area contributed by atoms with Gasteiger partial charge in [0.15, 0.2) is 5.82 Å². The highest BCUT2D eigenvalue weighted by Crippen LogP contribution is 2.37. The van der Waals surface area contributed by atoms with Gasteiger partial charge in [0, 0.05) is 17.8 Å². The molecule has 0 amide bonds. The van der Waals surface area contributed by atoms with E-state index < -0.39 is 5.97 Å². The van der Waals surface area contributed by atoms with Crippen molar-refractivity contribution >= 4 is 40.8 Å². The third kappa shape index (κ3) is 3.85. The lowest BCUT2D eigenvalue weighted by Gasteiger charge is -2.11. The number of aromatic carboxylic acids is 1. The summed E-state index contributed by atoms with van der Waals surface area (Å²) in [4.78, 5) is 19.7. The summed E-state index contributed by atoms with van der Waals surface area (Å²) < 4.78 is 5.59. The van der Waals surface area contributed by atoms with Crippen LogP contribution in [0.5, 0.6) is 11.6 Å². The Morgan fingerprint density at radius 2 is 1.68 bits per heavy atom. The van der Waals surface area contributed by atoms with E-state index in [9.17, 15) is 9.90 Å². The van der Waals surface area contributed by atoms with Crippen molar-refractivity contribution in [3.8, 4) is 23.0 Å². The Kier molecular flexibility index (Phi) is 5.08. The van der Waals surface area contributed by atoms with E-state index in [0.717, 1.165) is 0 Å². The van der Waals surface area contributed by atoms with Gasteiger partial charge in [-0.15, -0.1) is 0 Å². The van der Waals surface area contributed by atoms with Crippen molar-refractivity contribution in [3.63, 3.8) is 0 Å². The van der Waals surface area contributed by atoms with Gasteiger partial charge in [0.2, 0.25) is 5.88 Å². The molecule has 8 heteroatoms. The Labute approximate surface area is 157 Å². The van der Waals surface area contributed by atoms with E-state index in [4.69, 9.17) is 39.5 Å². The second kappa shape index (κ2) is 7.27. The van der Waals surface area contributed by atoms with E-state index >= 15 is 0 Å². The van der Waals surface area contributed by atoms with E-state index in [1.807, 2.05) is 18.2 Å². The lowest BCUT2D eigenvalue weighted by molar-refractivity contribution is 0.0693. The van der Waals surface area contributed by atoms with Crippen molar-refractivity contribution in [2.45, 2.75) is 0 Å².